The average molecular weight is 342 g/mol. The van der Waals surface area contributed by atoms with Crippen molar-refractivity contribution in [1.29, 1.82) is 0 Å². The molecule has 1 aliphatic heterocycles. The first-order valence-corrected chi connectivity index (χ1v) is 7.79. The molecule has 0 spiro atoms. The van der Waals surface area contributed by atoms with E-state index in [4.69, 9.17) is 0 Å². The molecule has 0 radical (unpaired) electrons. The van der Waals surface area contributed by atoms with Crippen molar-refractivity contribution < 1.29 is 4.92 Å². The third-order valence-corrected chi connectivity index (χ3v) is 4.46. The summed E-state index contributed by atoms with van der Waals surface area (Å²) in [5.74, 6) is 0. The van der Waals surface area contributed by atoms with Crippen molar-refractivity contribution >= 4 is 27.3 Å². The summed E-state index contributed by atoms with van der Waals surface area (Å²) < 4.78 is 0.743. The minimum absolute atomic E-state index is 0.180. The van der Waals surface area contributed by atoms with E-state index in [-0.39, 0.29) is 10.6 Å². The number of halogens is 1. The molecule has 6 heteroatoms. The fourth-order valence-corrected chi connectivity index (χ4v) is 3.26. The summed E-state index contributed by atoms with van der Waals surface area (Å²) >= 11 is 3.30. The van der Waals surface area contributed by atoms with Gasteiger partial charge in [-0.15, -0.1) is 0 Å². The van der Waals surface area contributed by atoms with Crippen LogP contribution in [0.2, 0.25) is 0 Å². The van der Waals surface area contributed by atoms with Crippen LogP contribution in [0, 0.1) is 10.1 Å². The molecule has 0 bridgehead atoms. The maximum absolute atomic E-state index is 11.2. The SMILES string of the molecule is CCN(CC)C1CCN(c2ccc(Br)cc2[N+](=O)[O-])C1. The van der Waals surface area contributed by atoms with E-state index in [9.17, 15) is 10.1 Å². The number of nitro benzene ring substituents is 1. The Morgan fingerprint density at radius 2 is 2.15 bits per heavy atom. The highest BCUT2D eigenvalue weighted by Gasteiger charge is 2.29. The number of benzene rings is 1. The smallest absolute Gasteiger partial charge is 0.293 e. The Hall–Kier alpha value is -1.14. The Labute approximate surface area is 127 Å². The van der Waals surface area contributed by atoms with Crippen LogP contribution in [0.1, 0.15) is 20.3 Å². The third-order valence-electron chi connectivity index (χ3n) is 3.97. The second kappa shape index (κ2) is 6.54. The summed E-state index contributed by atoms with van der Waals surface area (Å²) in [5, 5.41) is 11.2. The first-order valence-electron chi connectivity index (χ1n) is 6.99. The van der Waals surface area contributed by atoms with Crippen molar-refractivity contribution in [3.05, 3.63) is 32.8 Å². The third kappa shape index (κ3) is 3.12. The lowest BCUT2D eigenvalue weighted by molar-refractivity contribution is -0.384. The van der Waals surface area contributed by atoms with Crippen LogP contribution in [0.15, 0.2) is 22.7 Å². The largest absolute Gasteiger partial charge is 0.364 e. The molecule has 20 heavy (non-hydrogen) atoms. The van der Waals surface area contributed by atoms with Gasteiger partial charge in [-0.05, 0) is 31.6 Å². The molecule has 110 valence electrons. The Morgan fingerprint density at radius 3 is 2.75 bits per heavy atom. The van der Waals surface area contributed by atoms with Crippen LogP contribution in [0.25, 0.3) is 0 Å². The van der Waals surface area contributed by atoms with Crippen LogP contribution < -0.4 is 4.90 Å². The van der Waals surface area contributed by atoms with Gasteiger partial charge in [-0.3, -0.25) is 15.0 Å². The van der Waals surface area contributed by atoms with Crippen LogP contribution >= 0.6 is 15.9 Å². The summed E-state index contributed by atoms with van der Waals surface area (Å²) in [4.78, 5) is 15.5. The zero-order valence-electron chi connectivity index (χ0n) is 11.9. The van der Waals surface area contributed by atoms with E-state index < -0.39 is 0 Å². The molecule has 0 aliphatic carbocycles. The van der Waals surface area contributed by atoms with E-state index in [0.29, 0.717) is 6.04 Å². The average Bonchev–Trinajstić information content (AvgIpc) is 2.89. The number of hydrogen-bond donors (Lipinski definition) is 0. The first-order chi connectivity index (χ1) is 9.56. The van der Waals surface area contributed by atoms with E-state index in [1.54, 1.807) is 6.07 Å². The Morgan fingerprint density at radius 1 is 1.45 bits per heavy atom. The van der Waals surface area contributed by atoms with Gasteiger partial charge in [0.05, 0.1) is 4.92 Å². The zero-order chi connectivity index (χ0) is 14.7. The predicted molar refractivity (Wildman–Crippen MR) is 84.3 cm³/mol. The maximum atomic E-state index is 11.2. The second-order valence-corrected chi connectivity index (χ2v) is 5.92. The minimum atomic E-state index is -0.301. The van der Waals surface area contributed by atoms with Crippen molar-refractivity contribution in [2.75, 3.05) is 31.1 Å². The lowest BCUT2D eigenvalue weighted by atomic mass is 10.2. The molecular weight excluding hydrogens is 322 g/mol. The fraction of sp³-hybridized carbons (Fsp3) is 0.571. The number of hydrogen-bond acceptors (Lipinski definition) is 4. The van der Waals surface area contributed by atoms with Crippen LogP contribution in [0.4, 0.5) is 11.4 Å². The summed E-state index contributed by atoms with van der Waals surface area (Å²) in [6.45, 7) is 8.12. The number of anilines is 1. The van der Waals surface area contributed by atoms with Crippen molar-refractivity contribution in [2.45, 2.75) is 26.3 Å². The van der Waals surface area contributed by atoms with Crippen LogP contribution in [0.3, 0.4) is 0 Å². The molecule has 0 amide bonds. The van der Waals surface area contributed by atoms with E-state index in [0.717, 1.165) is 42.8 Å². The van der Waals surface area contributed by atoms with Crippen LogP contribution in [-0.4, -0.2) is 42.0 Å². The zero-order valence-corrected chi connectivity index (χ0v) is 13.5. The minimum Gasteiger partial charge on any atom is -0.364 e. The van der Waals surface area contributed by atoms with Gasteiger partial charge in [0.25, 0.3) is 5.69 Å². The van der Waals surface area contributed by atoms with Gasteiger partial charge in [0, 0.05) is 29.7 Å². The van der Waals surface area contributed by atoms with Crippen molar-refractivity contribution in [2.24, 2.45) is 0 Å². The molecule has 1 aromatic carbocycles. The summed E-state index contributed by atoms with van der Waals surface area (Å²) in [7, 11) is 0. The van der Waals surface area contributed by atoms with E-state index >= 15 is 0 Å². The lowest BCUT2D eigenvalue weighted by Crippen LogP contribution is -2.37. The predicted octanol–water partition coefficient (Wildman–Crippen LogP) is 3.28. The maximum Gasteiger partial charge on any atom is 0.293 e. The first kappa shape index (κ1) is 15.3. The molecule has 0 aromatic heterocycles. The molecule has 5 nitrogen and oxygen atoms in total. The molecule has 1 aromatic rings. The highest BCUT2D eigenvalue weighted by atomic mass is 79.9. The topological polar surface area (TPSA) is 49.6 Å². The van der Waals surface area contributed by atoms with Gasteiger partial charge < -0.3 is 4.90 Å². The van der Waals surface area contributed by atoms with E-state index in [1.807, 2.05) is 12.1 Å². The van der Waals surface area contributed by atoms with Crippen LogP contribution in [-0.2, 0) is 0 Å². The standard InChI is InChI=1S/C14H20BrN3O2/c1-3-16(4-2)12-7-8-17(10-12)13-6-5-11(15)9-14(13)18(19)20/h5-6,9,12H,3-4,7-8,10H2,1-2H3. The highest BCUT2D eigenvalue weighted by Crippen LogP contribution is 2.33. The van der Waals surface area contributed by atoms with Gasteiger partial charge in [-0.25, -0.2) is 0 Å². The summed E-state index contributed by atoms with van der Waals surface area (Å²) in [5.41, 5.74) is 0.910. The Kier molecular flexibility index (Phi) is 4.99. The highest BCUT2D eigenvalue weighted by molar-refractivity contribution is 9.10. The molecule has 0 saturated carbocycles. The van der Waals surface area contributed by atoms with Gasteiger partial charge in [-0.2, -0.15) is 0 Å². The second-order valence-electron chi connectivity index (χ2n) is 5.00. The number of rotatable bonds is 5. The van der Waals surface area contributed by atoms with Gasteiger partial charge in [0.15, 0.2) is 0 Å². The van der Waals surface area contributed by atoms with E-state index in [2.05, 4.69) is 39.6 Å². The Balaban J connectivity index is 2.20. The molecule has 1 aliphatic rings. The van der Waals surface area contributed by atoms with Crippen molar-refractivity contribution in [3.8, 4) is 0 Å². The van der Waals surface area contributed by atoms with E-state index in [1.165, 1.54) is 0 Å². The quantitative estimate of drug-likeness (QED) is 0.609. The molecule has 0 N–H and O–H groups in total. The number of nitro groups is 1. The Bertz CT molecular complexity index is 491. The molecule has 1 fully saturated rings. The molecule has 1 saturated heterocycles. The van der Waals surface area contributed by atoms with Crippen LogP contribution in [0.5, 0.6) is 0 Å². The van der Waals surface area contributed by atoms with Gasteiger partial charge in [-0.1, -0.05) is 29.8 Å². The van der Waals surface area contributed by atoms with Crippen molar-refractivity contribution in [3.63, 3.8) is 0 Å². The lowest BCUT2D eigenvalue weighted by Gasteiger charge is -2.26. The summed E-state index contributed by atoms with van der Waals surface area (Å²) in [6.07, 6.45) is 1.06. The molecular formula is C14H20BrN3O2. The monoisotopic (exact) mass is 341 g/mol. The van der Waals surface area contributed by atoms with Gasteiger partial charge in [0.2, 0.25) is 0 Å². The molecule has 1 unspecified atom stereocenters. The van der Waals surface area contributed by atoms with Gasteiger partial charge >= 0.3 is 0 Å². The van der Waals surface area contributed by atoms with Crippen molar-refractivity contribution in [1.82, 2.24) is 4.90 Å². The van der Waals surface area contributed by atoms with Gasteiger partial charge in [0.1, 0.15) is 5.69 Å². The normalized spacial score (nSPS) is 18.8. The number of likely N-dealkylation sites (N-methyl/N-ethyl adjacent to an activating group) is 1. The molecule has 1 atom stereocenters. The number of nitrogens with zero attached hydrogens (tertiary/aromatic N) is 3. The fourth-order valence-electron chi connectivity index (χ4n) is 2.91. The molecule has 1 heterocycles. The molecule has 2 rings (SSSR count). The summed E-state index contributed by atoms with van der Waals surface area (Å²) in [6, 6.07) is 5.79.